The lowest BCUT2D eigenvalue weighted by Crippen LogP contribution is -2.35. The van der Waals surface area contributed by atoms with E-state index in [0.29, 0.717) is 0 Å². The number of hydrogen-bond donors (Lipinski definition) is 0. The summed E-state index contributed by atoms with van der Waals surface area (Å²) in [5, 5.41) is 2.02. The smallest absolute Gasteiger partial charge is 0.253 e. The molecule has 0 bridgehead atoms. The Morgan fingerprint density at radius 2 is 1.84 bits per heavy atom. The lowest BCUT2D eigenvalue weighted by molar-refractivity contribution is 0.0724. The van der Waals surface area contributed by atoms with Gasteiger partial charge in [0.25, 0.3) is 5.91 Å². The van der Waals surface area contributed by atoms with E-state index in [4.69, 9.17) is 0 Å². The highest BCUT2D eigenvalue weighted by atomic mass is 32.1. The van der Waals surface area contributed by atoms with Crippen molar-refractivity contribution in [3.63, 3.8) is 0 Å². The van der Waals surface area contributed by atoms with Gasteiger partial charge in [0.05, 0.1) is 11.2 Å². The molecule has 98 valence electrons. The van der Waals surface area contributed by atoms with Crippen LogP contribution in [0.25, 0.3) is 11.3 Å². The Balaban J connectivity index is 1.76. The van der Waals surface area contributed by atoms with Crippen molar-refractivity contribution in [2.45, 2.75) is 19.3 Å². The van der Waals surface area contributed by atoms with Gasteiger partial charge in [-0.15, -0.1) is 11.3 Å². The summed E-state index contributed by atoms with van der Waals surface area (Å²) in [6.07, 6.45) is 3.50. The minimum atomic E-state index is 0.157. The van der Waals surface area contributed by atoms with Crippen LogP contribution in [0, 0.1) is 0 Å². The van der Waals surface area contributed by atoms with E-state index in [1.165, 1.54) is 6.42 Å². The van der Waals surface area contributed by atoms with Crippen molar-refractivity contribution in [3.8, 4) is 11.3 Å². The summed E-state index contributed by atoms with van der Waals surface area (Å²) >= 11 is 1.58. The molecule has 0 radical (unpaired) electrons. The number of piperidine rings is 1. The number of hydrogen-bond acceptors (Lipinski definition) is 3. The standard InChI is InChI=1S/C15H16N2OS/c18-15(17-8-2-1-3-9-17)13-6-4-12(5-7-13)14-10-19-11-16-14/h4-7,10-11H,1-3,8-9H2. The first-order valence-electron chi connectivity index (χ1n) is 6.62. The van der Waals surface area contributed by atoms with Crippen molar-refractivity contribution in [3.05, 3.63) is 40.7 Å². The van der Waals surface area contributed by atoms with Gasteiger partial charge in [0.2, 0.25) is 0 Å². The van der Waals surface area contributed by atoms with Gasteiger partial charge >= 0.3 is 0 Å². The van der Waals surface area contributed by atoms with Gasteiger partial charge in [-0.25, -0.2) is 4.98 Å². The van der Waals surface area contributed by atoms with Crippen molar-refractivity contribution in [2.75, 3.05) is 13.1 Å². The molecule has 1 fully saturated rings. The molecule has 0 saturated carbocycles. The third-order valence-corrected chi connectivity index (χ3v) is 4.09. The maximum absolute atomic E-state index is 12.3. The minimum absolute atomic E-state index is 0.157. The Morgan fingerprint density at radius 1 is 1.11 bits per heavy atom. The van der Waals surface area contributed by atoms with Gasteiger partial charge in [0.1, 0.15) is 0 Å². The van der Waals surface area contributed by atoms with Crippen LogP contribution in [-0.2, 0) is 0 Å². The number of rotatable bonds is 2. The van der Waals surface area contributed by atoms with E-state index >= 15 is 0 Å². The molecule has 1 aromatic carbocycles. The second-order valence-electron chi connectivity index (χ2n) is 4.80. The molecule has 1 aliphatic heterocycles. The van der Waals surface area contributed by atoms with Crippen molar-refractivity contribution < 1.29 is 4.79 Å². The number of nitrogens with zero attached hydrogens (tertiary/aromatic N) is 2. The zero-order chi connectivity index (χ0) is 13.1. The summed E-state index contributed by atoms with van der Waals surface area (Å²) in [6, 6.07) is 7.77. The second kappa shape index (κ2) is 5.53. The number of benzene rings is 1. The average molecular weight is 272 g/mol. The first-order valence-corrected chi connectivity index (χ1v) is 7.57. The Kier molecular flexibility index (Phi) is 3.60. The summed E-state index contributed by atoms with van der Waals surface area (Å²) < 4.78 is 0. The minimum Gasteiger partial charge on any atom is -0.339 e. The average Bonchev–Trinajstić information content (AvgIpc) is 3.02. The topological polar surface area (TPSA) is 33.2 Å². The van der Waals surface area contributed by atoms with Crippen LogP contribution in [0.1, 0.15) is 29.6 Å². The molecule has 1 aromatic heterocycles. The summed E-state index contributed by atoms with van der Waals surface area (Å²) in [6.45, 7) is 1.79. The first-order chi connectivity index (χ1) is 9.34. The molecule has 1 amide bonds. The van der Waals surface area contributed by atoms with E-state index in [1.54, 1.807) is 11.3 Å². The largest absolute Gasteiger partial charge is 0.339 e. The van der Waals surface area contributed by atoms with E-state index in [-0.39, 0.29) is 5.91 Å². The van der Waals surface area contributed by atoms with Crippen molar-refractivity contribution in [1.82, 2.24) is 9.88 Å². The van der Waals surface area contributed by atoms with Crippen molar-refractivity contribution in [2.24, 2.45) is 0 Å². The monoisotopic (exact) mass is 272 g/mol. The molecule has 0 aliphatic carbocycles. The van der Waals surface area contributed by atoms with Gasteiger partial charge in [-0.1, -0.05) is 12.1 Å². The molecule has 1 saturated heterocycles. The van der Waals surface area contributed by atoms with Crippen LogP contribution in [0.4, 0.5) is 0 Å². The summed E-state index contributed by atoms with van der Waals surface area (Å²) in [4.78, 5) is 18.5. The van der Waals surface area contributed by atoms with Gasteiger partial charge in [-0.05, 0) is 31.4 Å². The molecule has 4 heteroatoms. The number of carbonyl (C=O) groups is 1. The fourth-order valence-corrected chi connectivity index (χ4v) is 2.98. The Labute approximate surface area is 116 Å². The Hall–Kier alpha value is -1.68. The van der Waals surface area contributed by atoms with E-state index in [1.807, 2.05) is 40.1 Å². The molecule has 0 atom stereocenters. The molecular weight excluding hydrogens is 256 g/mol. The Bertz CT molecular complexity index is 542. The molecule has 1 aliphatic rings. The molecule has 19 heavy (non-hydrogen) atoms. The predicted octanol–water partition coefficient (Wildman–Crippen LogP) is 3.44. The fraction of sp³-hybridized carbons (Fsp3) is 0.333. The maximum atomic E-state index is 12.3. The number of likely N-dealkylation sites (tertiary alicyclic amines) is 1. The second-order valence-corrected chi connectivity index (χ2v) is 5.52. The van der Waals surface area contributed by atoms with Gasteiger partial charge in [0, 0.05) is 29.6 Å². The molecular formula is C15H16N2OS. The van der Waals surface area contributed by atoms with E-state index in [2.05, 4.69) is 4.98 Å². The molecule has 2 heterocycles. The molecule has 3 nitrogen and oxygen atoms in total. The number of amides is 1. The summed E-state index contributed by atoms with van der Waals surface area (Å²) in [5.74, 6) is 0.157. The molecule has 3 rings (SSSR count). The third kappa shape index (κ3) is 2.68. The van der Waals surface area contributed by atoms with Crippen LogP contribution in [0.15, 0.2) is 35.2 Å². The molecule has 2 aromatic rings. The molecule has 0 spiro atoms. The van der Waals surface area contributed by atoms with Gasteiger partial charge in [-0.2, -0.15) is 0 Å². The zero-order valence-corrected chi connectivity index (χ0v) is 11.5. The fourth-order valence-electron chi connectivity index (χ4n) is 2.42. The quantitative estimate of drug-likeness (QED) is 0.839. The highest BCUT2D eigenvalue weighted by molar-refractivity contribution is 7.07. The lowest BCUT2D eigenvalue weighted by atomic mass is 10.1. The first kappa shape index (κ1) is 12.4. The summed E-state index contributed by atoms with van der Waals surface area (Å²) in [5.41, 5.74) is 4.64. The van der Waals surface area contributed by atoms with E-state index in [0.717, 1.165) is 42.8 Å². The lowest BCUT2D eigenvalue weighted by Gasteiger charge is -2.26. The van der Waals surface area contributed by atoms with Gasteiger partial charge in [0.15, 0.2) is 0 Å². The summed E-state index contributed by atoms with van der Waals surface area (Å²) in [7, 11) is 0. The maximum Gasteiger partial charge on any atom is 0.253 e. The number of aromatic nitrogens is 1. The van der Waals surface area contributed by atoms with E-state index in [9.17, 15) is 4.79 Å². The SMILES string of the molecule is O=C(c1ccc(-c2cscn2)cc1)N1CCCCC1. The van der Waals surface area contributed by atoms with Crippen molar-refractivity contribution in [1.29, 1.82) is 0 Å². The highest BCUT2D eigenvalue weighted by Gasteiger charge is 2.17. The molecule has 0 unspecified atom stereocenters. The normalized spacial score (nSPS) is 15.5. The van der Waals surface area contributed by atoms with Gasteiger partial charge in [-0.3, -0.25) is 4.79 Å². The predicted molar refractivity (Wildman–Crippen MR) is 77.3 cm³/mol. The van der Waals surface area contributed by atoms with E-state index < -0.39 is 0 Å². The van der Waals surface area contributed by atoms with Crippen LogP contribution < -0.4 is 0 Å². The molecule has 0 N–H and O–H groups in total. The van der Waals surface area contributed by atoms with Crippen LogP contribution in [0.5, 0.6) is 0 Å². The van der Waals surface area contributed by atoms with Crippen molar-refractivity contribution >= 4 is 17.2 Å². The zero-order valence-electron chi connectivity index (χ0n) is 10.7. The van der Waals surface area contributed by atoms with Crippen LogP contribution >= 0.6 is 11.3 Å². The third-order valence-electron chi connectivity index (χ3n) is 3.50. The van der Waals surface area contributed by atoms with Crippen LogP contribution in [-0.4, -0.2) is 28.9 Å². The van der Waals surface area contributed by atoms with Gasteiger partial charge < -0.3 is 4.90 Å². The van der Waals surface area contributed by atoms with Crippen LogP contribution in [0.2, 0.25) is 0 Å². The number of carbonyl (C=O) groups excluding carboxylic acids is 1. The number of thiazole rings is 1. The Morgan fingerprint density at radius 3 is 2.47 bits per heavy atom. The van der Waals surface area contributed by atoms with Crippen LogP contribution in [0.3, 0.4) is 0 Å². The highest BCUT2D eigenvalue weighted by Crippen LogP contribution is 2.20.